The average molecular weight is 161 g/mol. The molecule has 0 aromatic rings. The van der Waals surface area contributed by atoms with Gasteiger partial charge in [0.25, 0.3) is 5.91 Å². The van der Waals surface area contributed by atoms with Crippen molar-refractivity contribution in [3.8, 4) is 11.3 Å². The van der Waals surface area contributed by atoms with E-state index in [1.54, 1.807) is 18.6 Å². The fourth-order valence-corrected chi connectivity index (χ4v) is 1.16. The third-order valence-corrected chi connectivity index (χ3v) is 1.72. The number of nitrogens with two attached hydrogens (primary N) is 1. The molecule has 0 aliphatic carbocycles. The SMILES string of the molecule is NC(=O)c1c[nH]cc2ccnc1-2. The normalized spacial score (nSPS) is 10.3. The summed E-state index contributed by atoms with van der Waals surface area (Å²) in [6, 6.07) is 1.82. The molecule has 1 amide bonds. The number of carbonyl (C=O) groups is 1. The van der Waals surface area contributed by atoms with E-state index in [1.807, 2.05) is 6.07 Å². The van der Waals surface area contributed by atoms with Crippen molar-refractivity contribution in [2.75, 3.05) is 0 Å². The lowest BCUT2D eigenvalue weighted by molar-refractivity contribution is 0.100. The lowest BCUT2D eigenvalue weighted by Crippen LogP contribution is -2.13. The highest BCUT2D eigenvalue weighted by molar-refractivity contribution is 5.98. The molecule has 4 nitrogen and oxygen atoms in total. The Morgan fingerprint density at radius 3 is 3.08 bits per heavy atom. The molecule has 0 saturated heterocycles. The van der Waals surface area contributed by atoms with Crippen LogP contribution in [0.25, 0.3) is 11.3 Å². The maximum absolute atomic E-state index is 10.9. The number of hydrogen-bond acceptors (Lipinski definition) is 2. The largest absolute Gasteiger partial charge is 0.366 e. The first kappa shape index (κ1) is 6.84. The first-order chi connectivity index (χ1) is 5.79. The molecular weight excluding hydrogens is 154 g/mol. The summed E-state index contributed by atoms with van der Waals surface area (Å²) in [5.41, 5.74) is 7.12. The number of nitrogens with zero attached hydrogens (tertiary/aromatic N) is 1. The molecule has 60 valence electrons. The Balaban J connectivity index is 2.71. The number of aromatic nitrogens is 2. The highest BCUT2D eigenvalue weighted by Gasteiger charge is 2.12. The molecule has 0 bridgehead atoms. The second-order valence-corrected chi connectivity index (χ2v) is 2.48. The number of amides is 1. The molecular formula is C8H7N3O. The van der Waals surface area contributed by atoms with Crippen LogP contribution in [0, 0.1) is 0 Å². The van der Waals surface area contributed by atoms with E-state index in [2.05, 4.69) is 9.97 Å². The summed E-state index contributed by atoms with van der Waals surface area (Å²) in [7, 11) is 0. The van der Waals surface area contributed by atoms with Crippen LogP contribution >= 0.6 is 0 Å². The van der Waals surface area contributed by atoms with E-state index in [0.29, 0.717) is 11.3 Å². The monoisotopic (exact) mass is 161 g/mol. The van der Waals surface area contributed by atoms with Crippen molar-refractivity contribution in [1.82, 2.24) is 9.97 Å². The van der Waals surface area contributed by atoms with Gasteiger partial charge < -0.3 is 10.7 Å². The van der Waals surface area contributed by atoms with Gasteiger partial charge in [0.1, 0.15) is 0 Å². The Kier molecular flexibility index (Phi) is 1.33. The Morgan fingerprint density at radius 1 is 1.50 bits per heavy atom. The van der Waals surface area contributed by atoms with Crippen LogP contribution in [0.2, 0.25) is 0 Å². The van der Waals surface area contributed by atoms with E-state index in [-0.39, 0.29) is 0 Å². The number of carbonyl (C=O) groups excluding carboxylic acids is 1. The third-order valence-electron chi connectivity index (χ3n) is 1.72. The van der Waals surface area contributed by atoms with Gasteiger partial charge in [0.2, 0.25) is 0 Å². The number of fused-ring (bicyclic) bond motifs is 1. The van der Waals surface area contributed by atoms with Crippen LogP contribution in [0.15, 0.2) is 24.7 Å². The quantitative estimate of drug-likeness (QED) is 0.643. The Bertz CT molecular complexity index is 393. The minimum absolute atomic E-state index is 0.428. The predicted molar refractivity (Wildman–Crippen MR) is 43.7 cm³/mol. The topological polar surface area (TPSA) is 71.8 Å². The second kappa shape index (κ2) is 2.34. The fraction of sp³-hybridized carbons (Fsp3) is 0. The summed E-state index contributed by atoms with van der Waals surface area (Å²) in [6.45, 7) is 0. The van der Waals surface area contributed by atoms with E-state index >= 15 is 0 Å². The zero-order valence-electron chi connectivity index (χ0n) is 6.24. The zero-order chi connectivity index (χ0) is 8.55. The molecule has 4 heteroatoms. The van der Waals surface area contributed by atoms with Gasteiger partial charge in [-0.2, -0.15) is 0 Å². The maximum Gasteiger partial charge on any atom is 0.252 e. The van der Waals surface area contributed by atoms with Gasteiger partial charge in [-0.25, -0.2) is 0 Å². The van der Waals surface area contributed by atoms with Crippen molar-refractivity contribution in [3.63, 3.8) is 0 Å². The lowest BCUT2D eigenvalue weighted by atomic mass is 10.1. The van der Waals surface area contributed by atoms with E-state index in [1.165, 1.54) is 0 Å². The lowest BCUT2D eigenvalue weighted by Gasteiger charge is -2.01. The zero-order valence-corrected chi connectivity index (χ0v) is 6.24. The van der Waals surface area contributed by atoms with Crippen LogP contribution in [0.4, 0.5) is 0 Å². The van der Waals surface area contributed by atoms with Crippen molar-refractivity contribution in [3.05, 3.63) is 30.2 Å². The molecule has 0 spiro atoms. The third kappa shape index (κ3) is 0.852. The standard InChI is InChI=1S/C8H7N3O/c9-8(12)6-4-10-3-5-1-2-11-7(5)6/h1-4,10H,(H2,9,12). The van der Waals surface area contributed by atoms with Gasteiger partial charge in [-0.15, -0.1) is 0 Å². The molecule has 12 heavy (non-hydrogen) atoms. The van der Waals surface area contributed by atoms with Gasteiger partial charge >= 0.3 is 0 Å². The summed E-state index contributed by atoms with van der Waals surface area (Å²) in [6.07, 6.45) is 4.97. The summed E-state index contributed by atoms with van der Waals surface area (Å²) in [4.78, 5) is 17.7. The number of pyridine rings is 1. The van der Waals surface area contributed by atoms with E-state index < -0.39 is 5.91 Å². The highest BCUT2D eigenvalue weighted by atomic mass is 16.1. The Morgan fingerprint density at radius 2 is 2.33 bits per heavy atom. The molecule has 0 unspecified atom stereocenters. The first-order valence-corrected chi connectivity index (χ1v) is 3.50. The van der Waals surface area contributed by atoms with E-state index in [9.17, 15) is 4.79 Å². The van der Waals surface area contributed by atoms with Crippen LogP contribution in [-0.2, 0) is 0 Å². The molecule has 0 fully saturated rings. The van der Waals surface area contributed by atoms with E-state index in [4.69, 9.17) is 5.73 Å². The molecule has 2 heterocycles. The van der Waals surface area contributed by atoms with Crippen LogP contribution < -0.4 is 5.73 Å². The number of nitrogens with one attached hydrogen (secondary N) is 1. The van der Waals surface area contributed by atoms with Crippen molar-refractivity contribution < 1.29 is 4.79 Å². The van der Waals surface area contributed by atoms with Crippen LogP contribution in [0.3, 0.4) is 0 Å². The summed E-state index contributed by atoms with van der Waals surface area (Å²) < 4.78 is 0. The smallest absolute Gasteiger partial charge is 0.252 e. The van der Waals surface area contributed by atoms with Crippen molar-refractivity contribution in [1.29, 1.82) is 0 Å². The molecule has 2 aliphatic rings. The minimum atomic E-state index is -0.462. The number of primary amides is 1. The molecule has 0 atom stereocenters. The Labute approximate surface area is 68.8 Å². The molecule has 2 aliphatic heterocycles. The molecule has 3 N–H and O–H groups in total. The fourth-order valence-electron chi connectivity index (χ4n) is 1.16. The number of hydrogen-bond donors (Lipinski definition) is 2. The average Bonchev–Trinajstić information content (AvgIpc) is 2.49. The molecule has 2 rings (SSSR count). The molecule has 0 saturated carbocycles. The Hall–Kier alpha value is -1.84. The van der Waals surface area contributed by atoms with Gasteiger partial charge in [0.05, 0.1) is 11.3 Å². The molecule has 0 radical (unpaired) electrons. The van der Waals surface area contributed by atoms with Crippen LogP contribution in [0.5, 0.6) is 0 Å². The van der Waals surface area contributed by atoms with Crippen molar-refractivity contribution in [2.45, 2.75) is 0 Å². The van der Waals surface area contributed by atoms with Gasteiger partial charge in [-0.1, -0.05) is 0 Å². The summed E-state index contributed by atoms with van der Waals surface area (Å²) in [5, 5.41) is 0. The second-order valence-electron chi connectivity index (χ2n) is 2.48. The summed E-state index contributed by atoms with van der Waals surface area (Å²) >= 11 is 0. The van der Waals surface area contributed by atoms with Crippen LogP contribution in [0.1, 0.15) is 10.4 Å². The van der Waals surface area contributed by atoms with Crippen molar-refractivity contribution >= 4 is 5.91 Å². The molecule has 0 aromatic heterocycles. The first-order valence-electron chi connectivity index (χ1n) is 3.50. The highest BCUT2D eigenvalue weighted by Crippen LogP contribution is 2.21. The minimum Gasteiger partial charge on any atom is -0.366 e. The van der Waals surface area contributed by atoms with Crippen LogP contribution in [-0.4, -0.2) is 15.9 Å². The maximum atomic E-state index is 10.9. The number of aromatic amines is 1. The van der Waals surface area contributed by atoms with Gasteiger partial charge in [0.15, 0.2) is 0 Å². The van der Waals surface area contributed by atoms with Gasteiger partial charge in [0, 0.05) is 24.2 Å². The summed E-state index contributed by atoms with van der Waals surface area (Å²) in [5.74, 6) is -0.462. The van der Waals surface area contributed by atoms with Gasteiger partial charge in [-0.05, 0) is 6.07 Å². The van der Waals surface area contributed by atoms with Crippen molar-refractivity contribution in [2.24, 2.45) is 5.73 Å². The number of H-pyrrole nitrogens is 1. The predicted octanol–water partition coefficient (Wildman–Crippen LogP) is 0.613. The van der Waals surface area contributed by atoms with Gasteiger partial charge in [-0.3, -0.25) is 9.78 Å². The number of rotatable bonds is 1. The van der Waals surface area contributed by atoms with E-state index in [0.717, 1.165) is 5.56 Å². The molecule has 0 aromatic carbocycles.